The molecule has 0 saturated carbocycles. The SMILES string of the molecule is Cc1c(C(=O)Nc2ccc(F)c(F)c2)c2n(c1C(=O)C(=O)N[C@@H]1COC[C@H]1N1CCOCC1)CCCC2. The van der Waals surface area contributed by atoms with E-state index in [2.05, 4.69) is 15.5 Å². The van der Waals surface area contributed by atoms with E-state index in [1.54, 1.807) is 11.5 Å². The van der Waals surface area contributed by atoms with Crippen LogP contribution in [0.3, 0.4) is 0 Å². The Balaban J connectivity index is 1.37. The lowest BCUT2D eigenvalue weighted by Gasteiger charge is -2.34. The molecule has 2 fully saturated rings. The average molecular weight is 517 g/mol. The molecule has 4 heterocycles. The highest BCUT2D eigenvalue weighted by Crippen LogP contribution is 2.30. The molecule has 37 heavy (non-hydrogen) atoms. The van der Waals surface area contributed by atoms with Gasteiger partial charge in [-0.25, -0.2) is 8.78 Å². The number of fused-ring (bicyclic) bond motifs is 1. The Labute approximate surface area is 213 Å². The number of ketones is 1. The molecule has 2 saturated heterocycles. The lowest BCUT2D eigenvalue weighted by atomic mass is 10.0. The second kappa shape index (κ2) is 10.7. The second-order valence-corrected chi connectivity index (χ2v) is 9.65. The van der Waals surface area contributed by atoms with Gasteiger partial charge in [-0.05, 0) is 43.9 Å². The minimum absolute atomic E-state index is 0.0413. The number of carbonyl (C=O) groups is 3. The van der Waals surface area contributed by atoms with Crippen LogP contribution in [0.25, 0.3) is 0 Å². The van der Waals surface area contributed by atoms with Crippen LogP contribution in [0.4, 0.5) is 14.5 Å². The Morgan fingerprint density at radius 2 is 1.78 bits per heavy atom. The molecule has 1 aromatic heterocycles. The molecule has 3 aliphatic heterocycles. The maximum absolute atomic E-state index is 13.7. The summed E-state index contributed by atoms with van der Waals surface area (Å²) in [5.41, 5.74) is 1.63. The fourth-order valence-corrected chi connectivity index (χ4v) is 5.53. The summed E-state index contributed by atoms with van der Waals surface area (Å²) >= 11 is 0. The summed E-state index contributed by atoms with van der Waals surface area (Å²) in [5.74, 6) is -4.08. The van der Waals surface area contributed by atoms with Gasteiger partial charge in [-0.15, -0.1) is 0 Å². The van der Waals surface area contributed by atoms with Crippen molar-refractivity contribution in [2.75, 3.05) is 44.8 Å². The van der Waals surface area contributed by atoms with Crippen molar-refractivity contribution in [3.63, 3.8) is 0 Å². The number of nitrogens with zero attached hydrogens (tertiary/aromatic N) is 2. The summed E-state index contributed by atoms with van der Waals surface area (Å²) in [6.45, 7) is 5.61. The van der Waals surface area contributed by atoms with E-state index in [1.807, 2.05) is 0 Å². The molecule has 0 bridgehead atoms. The van der Waals surface area contributed by atoms with Crippen molar-refractivity contribution in [2.24, 2.45) is 0 Å². The van der Waals surface area contributed by atoms with Gasteiger partial charge in [-0.1, -0.05) is 0 Å². The molecule has 5 rings (SSSR count). The predicted octanol–water partition coefficient (Wildman–Crippen LogP) is 2.06. The van der Waals surface area contributed by atoms with Crippen molar-refractivity contribution in [2.45, 2.75) is 44.8 Å². The fourth-order valence-electron chi connectivity index (χ4n) is 5.53. The number of carbonyl (C=O) groups excluding carboxylic acids is 3. The highest BCUT2D eigenvalue weighted by Gasteiger charge is 2.38. The first kappa shape index (κ1) is 25.5. The molecule has 0 radical (unpaired) electrons. The number of rotatable bonds is 6. The van der Waals surface area contributed by atoms with Gasteiger partial charge in [0.05, 0.1) is 49.8 Å². The Morgan fingerprint density at radius 1 is 1.00 bits per heavy atom. The second-order valence-electron chi connectivity index (χ2n) is 9.65. The number of morpholine rings is 1. The van der Waals surface area contributed by atoms with Crippen LogP contribution in [-0.4, -0.2) is 78.7 Å². The van der Waals surface area contributed by atoms with Crippen molar-refractivity contribution in [3.8, 4) is 0 Å². The number of hydrogen-bond acceptors (Lipinski definition) is 6. The highest BCUT2D eigenvalue weighted by atomic mass is 19.2. The maximum Gasteiger partial charge on any atom is 0.294 e. The minimum atomic E-state index is -1.08. The van der Waals surface area contributed by atoms with Gasteiger partial charge >= 0.3 is 0 Å². The zero-order valence-corrected chi connectivity index (χ0v) is 20.6. The summed E-state index contributed by atoms with van der Waals surface area (Å²) < 4.78 is 39.8. The summed E-state index contributed by atoms with van der Waals surface area (Å²) in [6, 6.07) is 2.73. The third-order valence-electron chi connectivity index (χ3n) is 7.37. The van der Waals surface area contributed by atoms with Crippen LogP contribution in [-0.2, 0) is 27.2 Å². The molecular formula is C26H30F2N4O5. The van der Waals surface area contributed by atoms with E-state index in [0.717, 1.165) is 38.1 Å². The molecule has 0 spiro atoms. The summed E-state index contributed by atoms with van der Waals surface area (Å²) in [4.78, 5) is 42.0. The maximum atomic E-state index is 13.7. The van der Waals surface area contributed by atoms with Crippen LogP contribution in [0.2, 0.25) is 0 Å². The van der Waals surface area contributed by atoms with E-state index < -0.39 is 29.2 Å². The smallest absolute Gasteiger partial charge is 0.294 e. The Bertz CT molecular complexity index is 1220. The van der Waals surface area contributed by atoms with Gasteiger partial charge in [0.1, 0.15) is 0 Å². The molecule has 2 atom stereocenters. The zero-order valence-electron chi connectivity index (χ0n) is 20.6. The van der Waals surface area contributed by atoms with E-state index in [0.29, 0.717) is 50.7 Å². The normalized spacial score (nSPS) is 21.9. The number of anilines is 1. The molecule has 2 N–H and O–H groups in total. The largest absolute Gasteiger partial charge is 0.379 e. The predicted molar refractivity (Wildman–Crippen MR) is 130 cm³/mol. The molecule has 198 valence electrons. The fraction of sp³-hybridized carbons (Fsp3) is 0.500. The van der Waals surface area contributed by atoms with E-state index in [1.165, 1.54) is 6.07 Å². The molecule has 9 nitrogen and oxygen atoms in total. The number of hydrogen-bond donors (Lipinski definition) is 2. The molecule has 0 unspecified atom stereocenters. The van der Waals surface area contributed by atoms with E-state index in [9.17, 15) is 23.2 Å². The Hall–Kier alpha value is -3.15. The topological polar surface area (TPSA) is 102 Å². The van der Waals surface area contributed by atoms with Crippen LogP contribution in [0.5, 0.6) is 0 Å². The van der Waals surface area contributed by atoms with Gasteiger partial charge in [-0.2, -0.15) is 0 Å². The molecule has 3 aliphatic rings. The van der Waals surface area contributed by atoms with Gasteiger partial charge in [0.15, 0.2) is 11.6 Å². The zero-order chi connectivity index (χ0) is 26.1. The molecule has 11 heteroatoms. The highest BCUT2D eigenvalue weighted by molar-refractivity contribution is 6.43. The average Bonchev–Trinajstić information content (AvgIpc) is 3.47. The third-order valence-corrected chi connectivity index (χ3v) is 7.37. The standard InChI is InChI=1S/C26H30F2N4O5/c1-15-22(25(34)29-16-5-6-17(27)18(28)12-16)20-4-2-3-7-32(20)23(15)24(33)26(35)30-19-13-37-14-21(19)31-8-10-36-11-9-31/h5-6,12,19,21H,2-4,7-11,13-14H2,1H3,(H,29,34)(H,30,35)/t19-,21-/m1/s1. The van der Waals surface area contributed by atoms with Crippen LogP contribution >= 0.6 is 0 Å². The summed E-state index contributed by atoms with van der Waals surface area (Å²) in [6.07, 6.45) is 2.20. The third kappa shape index (κ3) is 5.03. The number of amides is 2. The number of aromatic nitrogens is 1. The summed E-state index contributed by atoms with van der Waals surface area (Å²) in [7, 11) is 0. The van der Waals surface area contributed by atoms with Gasteiger partial charge in [0.25, 0.3) is 17.6 Å². The molecule has 0 aliphatic carbocycles. The van der Waals surface area contributed by atoms with Gasteiger partial charge in [0, 0.05) is 37.1 Å². The van der Waals surface area contributed by atoms with Crippen LogP contribution in [0, 0.1) is 18.6 Å². The van der Waals surface area contributed by atoms with Crippen molar-refractivity contribution >= 4 is 23.3 Å². The lowest BCUT2D eigenvalue weighted by molar-refractivity contribution is -0.118. The lowest BCUT2D eigenvalue weighted by Crippen LogP contribution is -2.55. The number of nitrogens with one attached hydrogen (secondary N) is 2. The quantitative estimate of drug-likeness (QED) is 0.450. The monoisotopic (exact) mass is 516 g/mol. The molecule has 2 aromatic rings. The molecule has 1 aromatic carbocycles. The van der Waals surface area contributed by atoms with Crippen molar-refractivity contribution in [1.82, 2.24) is 14.8 Å². The number of halogens is 2. The number of benzene rings is 1. The van der Waals surface area contributed by atoms with Gasteiger partial charge in [-0.3, -0.25) is 19.3 Å². The number of Topliss-reactive ketones (excluding diaryl/α,β-unsaturated/α-hetero) is 1. The van der Waals surface area contributed by atoms with Gasteiger partial charge in [0.2, 0.25) is 0 Å². The van der Waals surface area contributed by atoms with Crippen molar-refractivity contribution in [3.05, 3.63) is 52.3 Å². The van der Waals surface area contributed by atoms with Crippen molar-refractivity contribution < 1.29 is 32.6 Å². The van der Waals surface area contributed by atoms with Crippen molar-refractivity contribution in [1.29, 1.82) is 0 Å². The van der Waals surface area contributed by atoms with Crippen LogP contribution < -0.4 is 10.6 Å². The first-order valence-corrected chi connectivity index (χ1v) is 12.6. The van der Waals surface area contributed by atoms with Crippen LogP contribution in [0.1, 0.15) is 44.9 Å². The Kier molecular flexibility index (Phi) is 7.36. The minimum Gasteiger partial charge on any atom is -0.379 e. The molecular weight excluding hydrogens is 486 g/mol. The first-order chi connectivity index (χ1) is 17.8. The molecule has 2 amide bonds. The first-order valence-electron chi connectivity index (χ1n) is 12.6. The summed E-state index contributed by atoms with van der Waals surface area (Å²) in [5, 5.41) is 5.46. The van der Waals surface area contributed by atoms with E-state index in [-0.39, 0.29) is 29.0 Å². The van der Waals surface area contributed by atoms with E-state index in [4.69, 9.17) is 9.47 Å². The van der Waals surface area contributed by atoms with Crippen LogP contribution in [0.15, 0.2) is 18.2 Å². The van der Waals surface area contributed by atoms with Gasteiger partial charge < -0.3 is 24.7 Å². The van der Waals surface area contributed by atoms with E-state index >= 15 is 0 Å². The number of ether oxygens (including phenoxy) is 2. The Morgan fingerprint density at radius 3 is 2.54 bits per heavy atom.